The second-order valence-corrected chi connectivity index (χ2v) is 10.0. The average molecular weight is 495 g/mol. The van der Waals surface area contributed by atoms with E-state index in [9.17, 15) is 14.7 Å². The minimum absolute atomic E-state index is 0.361. The van der Waals surface area contributed by atoms with Crippen LogP contribution in [0.5, 0.6) is 0 Å². The van der Waals surface area contributed by atoms with Crippen LogP contribution in [0.4, 0.5) is 0 Å². The second-order valence-electron chi connectivity index (χ2n) is 10.0. The van der Waals surface area contributed by atoms with Gasteiger partial charge in [-0.1, -0.05) is 42.8 Å². The number of aliphatic hydroxyl groups excluding tert-OH is 1. The molecule has 2 atom stereocenters. The molecular weight excluding hydrogens is 456 g/mol. The van der Waals surface area contributed by atoms with Crippen molar-refractivity contribution in [2.45, 2.75) is 63.8 Å². The number of carbonyl (C=O) groups excluding carboxylic acids is 2. The fourth-order valence-electron chi connectivity index (χ4n) is 5.30. The van der Waals surface area contributed by atoms with Crippen molar-refractivity contribution >= 4 is 11.8 Å². The van der Waals surface area contributed by atoms with Crippen molar-refractivity contribution in [3.8, 4) is 11.1 Å². The minimum atomic E-state index is -1.25. The van der Waals surface area contributed by atoms with Gasteiger partial charge in [-0.25, -0.2) is 5.48 Å². The second kappa shape index (κ2) is 12.5. The highest BCUT2D eigenvalue weighted by Crippen LogP contribution is 2.24. The van der Waals surface area contributed by atoms with Gasteiger partial charge in [0.25, 0.3) is 11.8 Å². The number of rotatable bonds is 8. The Morgan fingerprint density at radius 1 is 0.917 bits per heavy atom. The lowest BCUT2D eigenvalue weighted by atomic mass is 9.99. The zero-order chi connectivity index (χ0) is 25.5. The van der Waals surface area contributed by atoms with Crippen LogP contribution in [0.3, 0.4) is 0 Å². The van der Waals surface area contributed by atoms with Crippen LogP contribution in [0.15, 0.2) is 48.5 Å². The third kappa shape index (κ3) is 6.70. The van der Waals surface area contributed by atoms with Crippen molar-refractivity contribution in [1.29, 1.82) is 0 Å². The van der Waals surface area contributed by atoms with Crippen LogP contribution >= 0.6 is 0 Å². The number of piperidine rings is 2. The van der Waals surface area contributed by atoms with E-state index in [2.05, 4.69) is 39.4 Å². The molecule has 4 rings (SSSR count). The summed E-state index contributed by atoms with van der Waals surface area (Å²) in [6.07, 6.45) is 5.48. The third-order valence-corrected chi connectivity index (χ3v) is 7.47. The molecule has 2 aromatic rings. The molecule has 0 spiro atoms. The van der Waals surface area contributed by atoms with Crippen molar-refractivity contribution in [3.63, 3.8) is 0 Å². The maximum atomic E-state index is 12.5. The maximum Gasteiger partial charge on any atom is 0.268 e. The van der Waals surface area contributed by atoms with Crippen LogP contribution in [-0.4, -0.2) is 76.3 Å². The van der Waals surface area contributed by atoms with Crippen LogP contribution in [0.25, 0.3) is 11.1 Å². The maximum absolute atomic E-state index is 12.5. The molecule has 8 nitrogen and oxygen atoms in total. The first-order chi connectivity index (χ1) is 17.4. The monoisotopic (exact) mass is 494 g/mol. The molecule has 2 amide bonds. The summed E-state index contributed by atoms with van der Waals surface area (Å²) in [6.45, 7) is 7.20. The van der Waals surface area contributed by atoms with Gasteiger partial charge in [0.15, 0.2) is 0 Å². The van der Waals surface area contributed by atoms with Crippen LogP contribution in [0.2, 0.25) is 0 Å². The highest BCUT2D eigenvalue weighted by molar-refractivity contribution is 5.97. The van der Waals surface area contributed by atoms with Crippen LogP contribution in [0, 0.1) is 0 Å². The lowest BCUT2D eigenvalue weighted by molar-refractivity contribution is -0.133. The Hall–Kier alpha value is -2.78. The van der Waals surface area contributed by atoms with E-state index in [1.165, 1.54) is 63.2 Å². The van der Waals surface area contributed by atoms with Gasteiger partial charge in [-0.05, 0) is 87.6 Å². The Kier molecular flexibility index (Phi) is 9.09. The summed E-state index contributed by atoms with van der Waals surface area (Å²) < 4.78 is 0. The molecule has 0 bridgehead atoms. The van der Waals surface area contributed by atoms with Gasteiger partial charge in [-0.15, -0.1) is 0 Å². The SMILES string of the molecule is C[C@@H](O)[C@H](NC(=O)c1ccc(-c2ccc(CN3CCC(N4CCCCC4)CC3)cc2)cc1)C(=O)NO. The van der Waals surface area contributed by atoms with Crippen molar-refractivity contribution < 1.29 is 19.9 Å². The van der Waals surface area contributed by atoms with E-state index < -0.39 is 24.0 Å². The number of hydrogen-bond acceptors (Lipinski definition) is 6. The number of likely N-dealkylation sites (tertiary alicyclic amines) is 2. The standard InChI is InChI=1S/C28H38N4O4/c1-20(33)26(28(35)30-36)29-27(34)24-11-9-23(10-12-24)22-7-5-21(6-8-22)19-31-17-13-25(14-18-31)32-15-3-2-4-16-32/h5-12,20,25-26,33,36H,2-4,13-19H2,1H3,(H,29,34)(H,30,35)/t20-,26+/m1/s1. The van der Waals surface area contributed by atoms with Gasteiger partial charge < -0.3 is 15.3 Å². The molecule has 0 aromatic heterocycles. The summed E-state index contributed by atoms with van der Waals surface area (Å²) in [7, 11) is 0. The van der Waals surface area contributed by atoms with E-state index >= 15 is 0 Å². The largest absolute Gasteiger partial charge is 0.391 e. The molecule has 0 radical (unpaired) electrons. The minimum Gasteiger partial charge on any atom is -0.391 e. The van der Waals surface area contributed by atoms with Crippen molar-refractivity contribution in [2.75, 3.05) is 26.2 Å². The summed E-state index contributed by atoms with van der Waals surface area (Å²) >= 11 is 0. The molecule has 2 saturated heterocycles. The van der Waals surface area contributed by atoms with E-state index in [0.717, 1.165) is 36.8 Å². The molecule has 0 aliphatic carbocycles. The number of aliphatic hydroxyl groups is 1. The zero-order valence-electron chi connectivity index (χ0n) is 21.0. The summed E-state index contributed by atoms with van der Waals surface area (Å²) in [4.78, 5) is 29.4. The molecule has 194 valence electrons. The summed E-state index contributed by atoms with van der Waals surface area (Å²) in [5.74, 6) is -1.38. The van der Waals surface area contributed by atoms with E-state index in [1.807, 2.05) is 12.1 Å². The Balaban J connectivity index is 1.29. The number of hydroxylamine groups is 1. The number of carbonyl (C=O) groups is 2. The number of benzene rings is 2. The lowest BCUT2D eigenvalue weighted by Crippen LogP contribution is -2.51. The average Bonchev–Trinajstić information content (AvgIpc) is 2.92. The molecule has 0 unspecified atom stereocenters. The van der Waals surface area contributed by atoms with Crippen molar-refractivity contribution in [2.24, 2.45) is 0 Å². The molecule has 36 heavy (non-hydrogen) atoms. The number of hydrogen-bond donors (Lipinski definition) is 4. The van der Waals surface area contributed by atoms with Crippen molar-refractivity contribution in [1.82, 2.24) is 20.6 Å². The number of nitrogens with one attached hydrogen (secondary N) is 2. The van der Waals surface area contributed by atoms with E-state index in [-0.39, 0.29) is 0 Å². The van der Waals surface area contributed by atoms with Gasteiger partial charge in [0.2, 0.25) is 0 Å². The van der Waals surface area contributed by atoms with Crippen LogP contribution < -0.4 is 10.8 Å². The molecule has 2 heterocycles. The quantitative estimate of drug-likeness (QED) is 0.332. The Bertz CT molecular complexity index is 995. The fourth-order valence-corrected chi connectivity index (χ4v) is 5.30. The van der Waals surface area contributed by atoms with Gasteiger partial charge in [0.1, 0.15) is 6.04 Å². The van der Waals surface area contributed by atoms with Gasteiger partial charge >= 0.3 is 0 Å². The molecule has 2 aliphatic heterocycles. The first-order valence-electron chi connectivity index (χ1n) is 13.0. The molecular formula is C28H38N4O4. The predicted octanol–water partition coefficient (Wildman–Crippen LogP) is 2.79. The Morgan fingerprint density at radius 3 is 2.06 bits per heavy atom. The molecule has 2 aromatic carbocycles. The summed E-state index contributed by atoms with van der Waals surface area (Å²) in [5.41, 5.74) is 5.18. The number of nitrogens with zero attached hydrogens (tertiary/aromatic N) is 2. The highest BCUT2D eigenvalue weighted by Gasteiger charge is 2.26. The summed E-state index contributed by atoms with van der Waals surface area (Å²) in [6, 6.07) is 15.2. The van der Waals surface area contributed by atoms with Crippen LogP contribution in [-0.2, 0) is 11.3 Å². The Labute approximate surface area is 213 Å². The molecule has 4 N–H and O–H groups in total. The normalized spacial score (nSPS) is 19.4. The first-order valence-corrected chi connectivity index (χ1v) is 13.0. The predicted molar refractivity (Wildman–Crippen MR) is 138 cm³/mol. The van der Waals surface area contributed by atoms with E-state index in [1.54, 1.807) is 12.1 Å². The fraction of sp³-hybridized carbons (Fsp3) is 0.500. The summed E-state index contributed by atoms with van der Waals surface area (Å²) in [5, 5.41) is 20.9. The van der Waals surface area contributed by atoms with Crippen LogP contribution in [0.1, 0.15) is 54.9 Å². The highest BCUT2D eigenvalue weighted by atomic mass is 16.5. The molecule has 2 aliphatic rings. The van der Waals surface area contributed by atoms with Gasteiger partial charge in [0.05, 0.1) is 6.10 Å². The molecule has 2 fully saturated rings. The lowest BCUT2D eigenvalue weighted by Gasteiger charge is -2.40. The van der Waals surface area contributed by atoms with Gasteiger partial charge in [-0.3, -0.25) is 19.7 Å². The van der Waals surface area contributed by atoms with E-state index in [4.69, 9.17) is 5.21 Å². The molecule has 8 heteroatoms. The molecule has 0 saturated carbocycles. The van der Waals surface area contributed by atoms with E-state index in [0.29, 0.717) is 5.56 Å². The number of amides is 2. The first kappa shape index (κ1) is 26.3. The third-order valence-electron chi connectivity index (χ3n) is 7.47. The van der Waals surface area contributed by atoms with Crippen molar-refractivity contribution in [3.05, 3.63) is 59.7 Å². The smallest absolute Gasteiger partial charge is 0.268 e. The topological polar surface area (TPSA) is 105 Å². The Morgan fingerprint density at radius 2 is 1.50 bits per heavy atom. The zero-order valence-corrected chi connectivity index (χ0v) is 21.0. The van der Waals surface area contributed by atoms with Gasteiger partial charge in [-0.2, -0.15) is 0 Å². The van der Waals surface area contributed by atoms with Gasteiger partial charge in [0, 0.05) is 18.2 Å².